The third-order valence-corrected chi connectivity index (χ3v) is 7.50. The quantitative estimate of drug-likeness (QED) is 0.219. The molecule has 12 heteroatoms. The van der Waals surface area contributed by atoms with E-state index in [1.807, 2.05) is 20.8 Å². The molecule has 2 rings (SSSR count). The van der Waals surface area contributed by atoms with E-state index in [4.69, 9.17) is 18.5 Å². The number of amides is 2. The molecule has 0 radical (unpaired) electrons. The summed E-state index contributed by atoms with van der Waals surface area (Å²) in [6.07, 6.45) is 3.86. The van der Waals surface area contributed by atoms with Crippen molar-refractivity contribution in [2.45, 2.75) is 78.9 Å². The van der Waals surface area contributed by atoms with Gasteiger partial charge in [-0.1, -0.05) is 39.1 Å². The Morgan fingerprint density at radius 1 is 1.31 bits per heavy atom. The van der Waals surface area contributed by atoms with Crippen LogP contribution in [0.2, 0.25) is 0 Å². The Kier molecular flexibility index (Phi) is 11.7. The number of nitrogens with one attached hydrogen (secondary N) is 2. The molecular weight excluding hydrogens is 493 g/mol. The second-order valence-corrected chi connectivity index (χ2v) is 11.9. The maximum absolute atomic E-state index is 12.2. The first-order valence-electron chi connectivity index (χ1n) is 11.7. The number of esters is 1. The molecule has 0 aliphatic carbocycles. The topological polar surface area (TPSA) is 115 Å². The Labute approximate surface area is 213 Å². The summed E-state index contributed by atoms with van der Waals surface area (Å²) in [6, 6.07) is -0.920. The minimum atomic E-state index is -1.65. The summed E-state index contributed by atoms with van der Waals surface area (Å²) < 4.78 is 23.1. The summed E-state index contributed by atoms with van der Waals surface area (Å²) >= 11 is 1.21. The van der Waals surface area contributed by atoms with Gasteiger partial charge in [-0.05, 0) is 39.7 Å². The van der Waals surface area contributed by atoms with Gasteiger partial charge in [-0.3, -0.25) is 14.5 Å². The highest BCUT2D eigenvalue weighted by atomic mass is 32.2. The molecule has 35 heavy (non-hydrogen) atoms. The van der Waals surface area contributed by atoms with E-state index in [1.165, 1.54) is 16.7 Å². The minimum Gasteiger partial charge on any atom is -0.462 e. The fourth-order valence-electron chi connectivity index (χ4n) is 3.00. The van der Waals surface area contributed by atoms with Gasteiger partial charge in [0.1, 0.15) is 12.3 Å². The highest BCUT2D eigenvalue weighted by Crippen LogP contribution is 2.37. The molecule has 1 fully saturated rings. The van der Waals surface area contributed by atoms with Crippen molar-refractivity contribution in [1.82, 2.24) is 15.3 Å². The first-order chi connectivity index (χ1) is 16.4. The van der Waals surface area contributed by atoms with Crippen molar-refractivity contribution in [2.24, 2.45) is 5.41 Å². The lowest BCUT2D eigenvalue weighted by molar-refractivity contribution is -0.149. The van der Waals surface area contributed by atoms with Gasteiger partial charge in [-0.25, -0.2) is 9.88 Å². The second-order valence-electron chi connectivity index (χ2n) is 9.58. The number of rotatable bonds is 12. The summed E-state index contributed by atoms with van der Waals surface area (Å²) in [5.74, 6) is 0.0627. The van der Waals surface area contributed by atoms with Crippen LogP contribution in [0.5, 0.6) is 0 Å². The van der Waals surface area contributed by atoms with Crippen LogP contribution in [0.25, 0.3) is 0 Å². The fourth-order valence-corrected chi connectivity index (χ4v) is 5.11. The fraction of sp³-hybridized carbons (Fsp3) is 0.696. The number of carbonyl (C=O) groups is 3. The molecule has 0 aromatic carbocycles. The first kappa shape index (κ1) is 29.7. The van der Waals surface area contributed by atoms with Gasteiger partial charge >= 0.3 is 12.0 Å². The lowest BCUT2D eigenvalue weighted by Gasteiger charge is -2.29. The number of allylic oxidation sites excluding steroid dienone is 1. The van der Waals surface area contributed by atoms with Crippen LogP contribution >= 0.6 is 20.3 Å². The van der Waals surface area contributed by atoms with Gasteiger partial charge in [0.15, 0.2) is 5.12 Å². The standard InChI is InChI=1S/C23H38N3O7PS/c1-15(2)32-20(27)17(4)25-34(30-12-13-35-21(28)23(5,6)7)31-14-18-8-9-19(33-18)26-11-10-16(3)24-22(26)29/h10-11,15,17-19,25H,3,8-9,12-14H2,1-2,4-7H3,(H,24,29)/t17-,18?,19?,34?/m0/s1. The average Bonchev–Trinajstić information content (AvgIpc) is 3.21. The summed E-state index contributed by atoms with van der Waals surface area (Å²) in [4.78, 5) is 38.0. The monoisotopic (exact) mass is 531 g/mol. The molecule has 0 aromatic rings. The normalized spacial score (nSPS) is 22.3. The van der Waals surface area contributed by atoms with E-state index in [1.54, 1.807) is 33.0 Å². The van der Waals surface area contributed by atoms with Gasteiger partial charge in [-0.2, -0.15) is 0 Å². The van der Waals surface area contributed by atoms with Crippen molar-refractivity contribution >= 4 is 37.4 Å². The smallest absolute Gasteiger partial charge is 0.327 e. The number of nitrogens with zero attached hydrogens (tertiary/aromatic N) is 1. The lowest BCUT2D eigenvalue weighted by atomic mass is 10.00. The Bertz CT molecular complexity index is 802. The van der Waals surface area contributed by atoms with Gasteiger partial charge in [0.25, 0.3) is 8.53 Å². The number of carbonyl (C=O) groups excluding carboxylic acids is 3. The molecule has 198 valence electrons. The van der Waals surface area contributed by atoms with Gasteiger partial charge in [0.2, 0.25) is 0 Å². The van der Waals surface area contributed by atoms with Crippen molar-refractivity contribution in [3.05, 3.63) is 24.6 Å². The van der Waals surface area contributed by atoms with Gasteiger partial charge in [-0.15, -0.1) is 0 Å². The molecule has 0 bridgehead atoms. The maximum atomic E-state index is 12.2. The SMILES string of the molecule is C=C1C=CN(C2CCC(COP(N[C@@H](C)C(=O)OC(C)C)OCCSC(=O)C(C)(C)C)O2)C(=O)N1. The molecule has 2 aliphatic heterocycles. The van der Waals surface area contributed by atoms with Crippen LogP contribution in [0, 0.1) is 5.41 Å². The van der Waals surface area contributed by atoms with Crippen LogP contribution in [0.15, 0.2) is 24.6 Å². The van der Waals surface area contributed by atoms with Crippen molar-refractivity contribution < 1.29 is 32.9 Å². The van der Waals surface area contributed by atoms with Crippen molar-refractivity contribution in [2.75, 3.05) is 19.0 Å². The lowest BCUT2D eigenvalue weighted by Crippen LogP contribution is -2.44. The molecule has 2 N–H and O–H groups in total. The number of urea groups is 1. The molecule has 3 unspecified atom stereocenters. The molecule has 0 aromatic heterocycles. The van der Waals surface area contributed by atoms with Crippen molar-refractivity contribution in [3.8, 4) is 0 Å². The third-order valence-electron chi connectivity index (χ3n) is 4.85. The van der Waals surface area contributed by atoms with Crippen LogP contribution in [-0.4, -0.2) is 65.5 Å². The first-order valence-corrected chi connectivity index (χ1v) is 13.8. The highest BCUT2D eigenvalue weighted by molar-refractivity contribution is 8.13. The zero-order valence-electron chi connectivity index (χ0n) is 21.4. The molecule has 0 spiro atoms. The molecule has 2 heterocycles. The second kappa shape index (κ2) is 13.7. The molecule has 0 saturated carbocycles. The number of ether oxygens (including phenoxy) is 2. The average molecular weight is 532 g/mol. The minimum absolute atomic E-state index is 0.0814. The summed E-state index contributed by atoms with van der Waals surface area (Å²) in [5.41, 5.74) is 0.106. The van der Waals surface area contributed by atoms with Crippen molar-refractivity contribution in [1.29, 1.82) is 0 Å². The summed E-state index contributed by atoms with van der Waals surface area (Å²) in [5, 5.41) is 5.79. The van der Waals surface area contributed by atoms with E-state index in [0.717, 1.165) is 0 Å². The Morgan fingerprint density at radius 2 is 2.03 bits per heavy atom. The molecule has 2 aliphatic rings. The van der Waals surface area contributed by atoms with E-state index >= 15 is 0 Å². The molecule has 4 atom stereocenters. The van der Waals surface area contributed by atoms with E-state index in [0.29, 0.717) is 24.3 Å². The number of hydrogen-bond donors (Lipinski definition) is 2. The van der Waals surface area contributed by atoms with Gasteiger partial charge in [0, 0.05) is 23.1 Å². The van der Waals surface area contributed by atoms with Crippen LogP contribution in [-0.2, 0) is 28.1 Å². The van der Waals surface area contributed by atoms with E-state index in [9.17, 15) is 14.4 Å². The van der Waals surface area contributed by atoms with Crippen LogP contribution in [0.1, 0.15) is 54.4 Å². The Morgan fingerprint density at radius 3 is 2.66 bits per heavy atom. The molecular formula is C23H38N3O7PS. The van der Waals surface area contributed by atoms with Gasteiger partial charge in [0.05, 0.1) is 25.4 Å². The van der Waals surface area contributed by atoms with E-state index in [2.05, 4.69) is 17.0 Å². The number of hydrogen-bond acceptors (Lipinski definition) is 9. The summed E-state index contributed by atoms with van der Waals surface area (Å²) in [7, 11) is -1.65. The summed E-state index contributed by atoms with van der Waals surface area (Å²) in [6.45, 7) is 15.1. The Balaban J connectivity index is 1.88. The Hall–Kier alpha value is -1.49. The van der Waals surface area contributed by atoms with Gasteiger partial charge < -0.3 is 23.8 Å². The van der Waals surface area contributed by atoms with E-state index in [-0.39, 0.29) is 36.6 Å². The van der Waals surface area contributed by atoms with Crippen LogP contribution < -0.4 is 10.4 Å². The molecule has 10 nitrogen and oxygen atoms in total. The van der Waals surface area contributed by atoms with E-state index < -0.39 is 32.2 Å². The van der Waals surface area contributed by atoms with Crippen molar-refractivity contribution in [3.63, 3.8) is 0 Å². The predicted molar refractivity (Wildman–Crippen MR) is 136 cm³/mol. The van der Waals surface area contributed by atoms with Crippen LogP contribution in [0.3, 0.4) is 0 Å². The zero-order valence-corrected chi connectivity index (χ0v) is 23.1. The maximum Gasteiger partial charge on any atom is 0.327 e. The third kappa shape index (κ3) is 10.2. The molecule has 1 saturated heterocycles. The number of thioether (sulfide) groups is 1. The van der Waals surface area contributed by atoms with Crippen LogP contribution in [0.4, 0.5) is 4.79 Å². The molecule has 2 amide bonds. The zero-order chi connectivity index (χ0) is 26.2. The largest absolute Gasteiger partial charge is 0.462 e. The highest BCUT2D eigenvalue weighted by Gasteiger charge is 2.34. The predicted octanol–water partition coefficient (Wildman–Crippen LogP) is 4.04.